The van der Waals surface area contributed by atoms with Crippen LogP contribution in [0.25, 0.3) is 5.57 Å². The Balaban J connectivity index is 1.74. The molecule has 1 aromatic rings. The molecule has 3 rings (SSSR count). The van der Waals surface area contributed by atoms with E-state index in [0.717, 1.165) is 24.1 Å². The summed E-state index contributed by atoms with van der Waals surface area (Å²) in [5.74, 6) is -0.587. The molecule has 0 bridgehead atoms. The number of nitrogens with zero attached hydrogens (tertiary/aromatic N) is 2. The van der Waals surface area contributed by atoms with E-state index in [0.29, 0.717) is 40.7 Å². The normalized spacial score (nSPS) is 18.9. The highest BCUT2D eigenvalue weighted by Gasteiger charge is 2.41. The van der Waals surface area contributed by atoms with Gasteiger partial charge in [-0.05, 0) is 25.8 Å². The molecule has 6 nitrogen and oxygen atoms in total. The third-order valence-corrected chi connectivity index (χ3v) is 6.25. The average Bonchev–Trinajstić information content (AvgIpc) is 3.13. The van der Waals surface area contributed by atoms with Crippen LogP contribution in [-0.2, 0) is 19.1 Å². The number of carbonyl (C=O) groups excluding carboxylic acids is 3. The summed E-state index contributed by atoms with van der Waals surface area (Å²) in [6, 6.07) is 7.52. The Morgan fingerprint density at radius 2 is 1.86 bits per heavy atom. The molecule has 0 aromatic heterocycles. The zero-order valence-corrected chi connectivity index (χ0v) is 17.5. The van der Waals surface area contributed by atoms with Gasteiger partial charge in [0.05, 0.1) is 23.3 Å². The smallest absolute Gasteiger partial charge is 0.305 e. The quantitative estimate of drug-likeness (QED) is 0.293. The molecular weight excluding hydrogens is 396 g/mol. The van der Waals surface area contributed by atoms with Crippen LogP contribution in [0.1, 0.15) is 38.2 Å². The van der Waals surface area contributed by atoms with Crippen molar-refractivity contribution in [3.05, 3.63) is 34.7 Å². The number of benzene rings is 1. The summed E-state index contributed by atoms with van der Waals surface area (Å²) in [6.07, 6.45) is 2.61. The van der Waals surface area contributed by atoms with Gasteiger partial charge in [-0.1, -0.05) is 48.6 Å². The van der Waals surface area contributed by atoms with Crippen LogP contribution in [-0.4, -0.2) is 47.2 Å². The van der Waals surface area contributed by atoms with Crippen LogP contribution in [0.2, 0.25) is 0 Å². The van der Waals surface area contributed by atoms with Crippen molar-refractivity contribution >= 4 is 57.3 Å². The third-order valence-electron chi connectivity index (χ3n) is 4.81. The number of likely N-dealkylation sites (N-methyl/N-ethyl adjacent to an activating group) is 1. The summed E-state index contributed by atoms with van der Waals surface area (Å²) >= 11 is 6.60. The molecule has 0 aliphatic carbocycles. The van der Waals surface area contributed by atoms with E-state index in [1.54, 1.807) is 9.80 Å². The number of fused-ring (bicyclic) bond motifs is 1. The first-order chi connectivity index (χ1) is 13.5. The van der Waals surface area contributed by atoms with Crippen LogP contribution >= 0.6 is 24.0 Å². The lowest BCUT2D eigenvalue weighted by Crippen LogP contribution is -2.30. The number of thiocarbonyl (C=S) groups is 1. The Morgan fingerprint density at radius 1 is 1.11 bits per heavy atom. The third kappa shape index (κ3) is 3.84. The van der Waals surface area contributed by atoms with Crippen molar-refractivity contribution in [2.45, 2.75) is 32.6 Å². The largest absolute Gasteiger partial charge is 0.469 e. The second-order valence-corrected chi connectivity index (χ2v) is 8.13. The van der Waals surface area contributed by atoms with E-state index in [9.17, 15) is 14.4 Å². The van der Waals surface area contributed by atoms with Crippen molar-refractivity contribution in [3.8, 4) is 0 Å². The molecule has 148 valence electrons. The highest BCUT2D eigenvalue weighted by Crippen LogP contribution is 2.44. The average molecular weight is 419 g/mol. The topological polar surface area (TPSA) is 66.9 Å². The number of methoxy groups -OCH3 is 1. The molecule has 2 heterocycles. The number of rotatable bonds is 7. The molecule has 0 unspecified atom stereocenters. The van der Waals surface area contributed by atoms with Crippen LogP contribution in [0.4, 0.5) is 5.69 Å². The fourth-order valence-corrected chi connectivity index (χ4v) is 4.75. The molecule has 1 saturated heterocycles. The number of hydrogen-bond donors (Lipinski definition) is 0. The first kappa shape index (κ1) is 20.5. The summed E-state index contributed by atoms with van der Waals surface area (Å²) in [4.78, 5) is 40.7. The molecule has 0 N–H and O–H groups in total. The van der Waals surface area contributed by atoms with Crippen molar-refractivity contribution in [2.75, 3.05) is 25.1 Å². The highest BCUT2D eigenvalue weighted by molar-refractivity contribution is 8.26. The van der Waals surface area contributed by atoms with Crippen LogP contribution in [0.15, 0.2) is 29.2 Å². The minimum absolute atomic E-state index is 0.151. The van der Waals surface area contributed by atoms with Gasteiger partial charge >= 0.3 is 5.97 Å². The van der Waals surface area contributed by atoms with Crippen LogP contribution in [0, 0.1) is 0 Å². The maximum Gasteiger partial charge on any atom is 0.305 e. The summed E-state index contributed by atoms with van der Waals surface area (Å²) in [6.45, 7) is 2.94. The minimum Gasteiger partial charge on any atom is -0.469 e. The number of carbonyl (C=O) groups is 3. The van der Waals surface area contributed by atoms with E-state index in [4.69, 9.17) is 12.2 Å². The molecule has 0 radical (unpaired) electrons. The molecule has 2 amide bonds. The number of ether oxygens (including phenoxy) is 1. The van der Waals surface area contributed by atoms with Crippen LogP contribution in [0.3, 0.4) is 0 Å². The van der Waals surface area contributed by atoms with Gasteiger partial charge in [0.25, 0.3) is 11.8 Å². The molecule has 0 saturated carbocycles. The van der Waals surface area contributed by atoms with E-state index >= 15 is 0 Å². The maximum absolute atomic E-state index is 13.0. The van der Waals surface area contributed by atoms with Crippen LogP contribution in [0.5, 0.6) is 0 Å². The Hall–Kier alpha value is -2.19. The van der Waals surface area contributed by atoms with Crippen molar-refractivity contribution in [1.82, 2.24) is 4.90 Å². The number of para-hydroxylation sites is 1. The molecule has 2 aliphatic heterocycles. The Bertz CT molecular complexity index is 866. The molecule has 8 heteroatoms. The zero-order valence-electron chi connectivity index (χ0n) is 15.9. The molecule has 0 spiro atoms. The standard InChI is InChI=1S/C20H22N2O4S2/c1-3-21-14-10-7-6-9-13(14)16(18(21)24)17-19(25)22(20(27)28-17)12-8-4-5-11-15(23)26-2/h6-7,9-10H,3-5,8,11-12H2,1-2H3/b17-16-. The van der Waals surface area contributed by atoms with Gasteiger partial charge in [-0.2, -0.15) is 0 Å². The van der Waals surface area contributed by atoms with Gasteiger partial charge in [-0.25, -0.2) is 0 Å². The van der Waals surface area contributed by atoms with Crippen molar-refractivity contribution in [1.29, 1.82) is 0 Å². The fraction of sp³-hybridized carbons (Fsp3) is 0.400. The minimum atomic E-state index is -0.228. The predicted molar refractivity (Wildman–Crippen MR) is 114 cm³/mol. The molecule has 2 aliphatic rings. The number of unbranched alkanes of at least 4 members (excludes halogenated alkanes) is 2. The first-order valence-corrected chi connectivity index (χ1v) is 10.5. The van der Waals surface area contributed by atoms with Crippen molar-refractivity contribution < 1.29 is 19.1 Å². The number of amides is 2. The molecule has 0 atom stereocenters. The van der Waals surface area contributed by atoms with Gasteiger partial charge in [0.2, 0.25) is 0 Å². The Labute approximate surface area is 173 Å². The second-order valence-electron chi connectivity index (χ2n) is 6.48. The van der Waals surface area contributed by atoms with Gasteiger partial charge in [-0.15, -0.1) is 0 Å². The number of esters is 1. The predicted octanol–water partition coefficient (Wildman–Crippen LogP) is 3.36. The molecule has 28 heavy (non-hydrogen) atoms. The molecule has 1 aromatic carbocycles. The summed E-state index contributed by atoms with van der Waals surface area (Å²) < 4.78 is 5.10. The van der Waals surface area contributed by atoms with Gasteiger partial charge in [0.15, 0.2) is 0 Å². The zero-order chi connectivity index (χ0) is 20.3. The fourth-order valence-electron chi connectivity index (χ4n) is 3.37. The first-order valence-electron chi connectivity index (χ1n) is 9.25. The lowest BCUT2D eigenvalue weighted by Gasteiger charge is -2.14. The maximum atomic E-state index is 13.0. The number of anilines is 1. The van der Waals surface area contributed by atoms with Gasteiger partial charge in [-0.3, -0.25) is 19.3 Å². The van der Waals surface area contributed by atoms with E-state index in [-0.39, 0.29) is 17.8 Å². The van der Waals surface area contributed by atoms with Crippen molar-refractivity contribution in [2.24, 2.45) is 0 Å². The number of thioether (sulfide) groups is 1. The highest BCUT2D eigenvalue weighted by atomic mass is 32.2. The lowest BCUT2D eigenvalue weighted by atomic mass is 10.1. The summed E-state index contributed by atoms with van der Waals surface area (Å²) in [5.41, 5.74) is 2.06. The number of hydrogen-bond acceptors (Lipinski definition) is 6. The van der Waals surface area contributed by atoms with Crippen molar-refractivity contribution in [3.63, 3.8) is 0 Å². The van der Waals surface area contributed by atoms with Crippen LogP contribution < -0.4 is 4.90 Å². The molecular formula is C20H22N2O4S2. The van der Waals surface area contributed by atoms with E-state index in [2.05, 4.69) is 4.74 Å². The van der Waals surface area contributed by atoms with E-state index in [1.165, 1.54) is 18.9 Å². The van der Waals surface area contributed by atoms with E-state index in [1.807, 2.05) is 31.2 Å². The van der Waals surface area contributed by atoms with Gasteiger partial charge < -0.3 is 9.64 Å². The SMILES string of the molecule is CCN1C(=O)/C(=C2\SC(=S)N(CCCCCC(=O)OC)C2=O)c2ccccc21. The summed E-state index contributed by atoms with van der Waals surface area (Å²) in [5, 5.41) is 0. The van der Waals surface area contributed by atoms with Gasteiger partial charge in [0, 0.05) is 25.1 Å². The lowest BCUT2D eigenvalue weighted by molar-refractivity contribution is -0.140. The monoisotopic (exact) mass is 418 g/mol. The van der Waals surface area contributed by atoms with E-state index < -0.39 is 0 Å². The summed E-state index contributed by atoms with van der Waals surface area (Å²) in [7, 11) is 1.37. The second kappa shape index (κ2) is 8.87. The van der Waals surface area contributed by atoms with Gasteiger partial charge in [0.1, 0.15) is 4.32 Å². The Morgan fingerprint density at radius 3 is 2.57 bits per heavy atom. The Kier molecular flexibility index (Phi) is 6.51. The molecule has 1 fully saturated rings.